The van der Waals surface area contributed by atoms with Crippen molar-refractivity contribution in [2.24, 2.45) is 0 Å². The van der Waals surface area contributed by atoms with E-state index in [-0.39, 0.29) is 35.3 Å². The van der Waals surface area contributed by atoms with Crippen molar-refractivity contribution in [3.05, 3.63) is 29.8 Å². The van der Waals surface area contributed by atoms with Gasteiger partial charge in [-0.3, -0.25) is 4.18 Å². The fourth-order valence-corrected chi connectivity index (χ4v) is 1.23. The number of aromatic hydroxyl groups is 1. The van der Waals surface area contributed by atoms with E-state index < -0.39 is 22.2 Å². The van der Waals surface area contributed by atoms with Crippen LogP contribution in [-0.4, -0.2) is 19.0 Å². The Bertz CT molecular complexity index is 455. The van der Waals surface area contributed by atoms with Gasteiger partial charge in [0, 0.05) is 0 Å². The summed E-state index contributed by atoms with van der Waals surface area (Å²) in [5.41, 5.74) is -5.23. The Morgan fingerprint density at radius 3 is 2.06 bits per heavy atom. The third-order valence-electron chi connectivity index (χ3n) is 1.60. The number of halogens is 4. The molecular weight excluding hydrogens is 376 g/mol. The van der Waals surface area contributed by atoms with Gasteiger partial charge in [0.25, 0.3) is 0 Å². The molecule has 0 aromatic heterocycles. The largest absolute Gasteiger partial charge is 0.523 e. The number of phenolic OH excluding ortho intramolecular Hbond substituents is 1. The predicted octanol–water partition coefficient (Wildman–Crippen LogP) is 2.38. The van der Waals surface area contributed by atoms with Crippen molar-refractivity contribution < 1.29 is 30.9 Å². The van der Waals surface area contributed by atoms with Gasteiger partial charge in [0.15, 0.2) is 0 Å². The first-order valence-electron chi connectivity index (χ1n) is 3.96. The number of benzene rings is 1. The standard InChI is InChI=1S/C8H7F3O4S.HI/c9-8(10,11)16(13,14)15-5-6-1-3-7(12)4-2-6;/h1-4,12H,5H2;1H. The van der Waals surface area contributed by atoms with E-state index in [1.165, 1.54) is 24.3 Å². The molecule has 1 aromatic carbocycles. The molecule has 0 fully saturated rings. The summed E-state index contributed by atoms with van der Waals surface area (Å²) in [5.74, 6) is -0.0811. The molecule has 1 aromatic rings. The summed E-state index contributed by atoms with van der Waals surface area (Å²) in [5, 5.41) is 8.87. The molecule has 1 N–H and O–H groups in total. The van der Waals surface area contributed by atoms with Crippen LogP contribution in [0.3, 0.4) is 0 Å². The molecule has 0 aliphatic heterocycles. The first-order chi connectivity index (χ1) is 7.22. The van der Waals surface area contributed by atoms with Crippen LogP contribution < -0.4 is 0 Å². The van der Waals surface area contributed by atoms with Gasteiger partial charge in [-0.25, -0.2) is 0 Å². The number of rotatable bonds is 3. The molecule has 1 rings (SSSR count). The van der Waals surface area contributed by atoms with E-state index in [2.05, 4.69) is 4.18 Å². The van der Waals surface area contributed by atoms with E-state index >= 15 is 0 Å². The van der Waals surface area contributed by atoms with Crippen LogP contribution in [0.5, 0.6) is 5.75 Å². The molecule has 0 aliphatic carbocycles. The summed E-state index contributed by atoms with van der Waals surface area (Å²) in [7, 11) is -5.57. The van der Waals surface area contributed by atoms with E-state index in [0.717, 1.165) is 0 Å². The van der Waals surface area contributed by atoms with Crippen molar-refractivity contribution in [2.45, 2.75) is 12.1 Å². The fraction of sp³-hybridized carbons (Fsp3) is 0.250. The second-order valence-corrected chi connectivity index (χ2v) is 4.44. The van der Waals surface area contributed by atoms with Crippen LogP contribution in [-0.2, 0) is 20.9 Å². The van der Waals surface area contributed by atoms with Crippen LogP contribution in [0.2, 0.25) is 0 Å². The van der Waals surface area contributed by atoms with Crippen molar-refractivity contribution in [1.82, 2.24) is 0 Å². The van der Waals surface area contributed by atoms with Crippen molar-refractivity contribution in [2.75, 3.05) is 0 Å². The van der Waals surface area contributed by atoms with Gasteiger partial charge in [-0.05, 0) is 17.7 Å². The summed E-state index contributed by atoms with van der Waals surface area (Å²) >= 11 is 0. The molecule has 0 spiro atoms. The Labute approximate surface area is 113 Å². The smallest absolute Gasteiger partial charge is 0.508 e. The van der Waals surface area contributed by atoms with E-state index in [1.807, 2.05) is 0 Å². The first-order valence-corrected chi connectivity index (χ1v) is 5.37. The van der Waals surface area contributed by atoms with Crippen LogP contribution in [0.25, 0.3) is 0 Å². The monoisotopic (exact) mass is 384 g/mol. The van der Waals surface area contributed by atoms with Crippen molar-refractivity contribution in [3.8, 4) is 5.75 Å². The molecule has 0 saturated carbocycles. The molecule has 0 atom stereocenters. The second kappa shape index (κ2) is 5.87. The molecular formula is C8H8F3IO4S. The summed E-state index contributed by atoms with van der Waals surface area (Å²) in [6, 6.07) is 4.92. The fourth-order valence-electron chi connectivity index (χ4n) is 0.805. The molecule has 17 heavy (non-hydrogen) atoms. The molecule has 9 heteroatoms. The van der Waals surface area contributed by atoms with Gasteiger partial charge in [-0.2, -0.15) is 21.6 Å². The molecule has 0 unspecified atom stereocenters. The van der Waals surface area contributed by atoms with Gasteiger partial charge in [0.2, 0.25) is 0 Å². The molecule has 0 amide bonds. The second-order valence-electron chi connectivity index (χ2n) is 2.83. The van der Waals surface area contributed by atoms with Gasteiger partial charge in [0.1, 0.15) is 5.75 Å². The Morgan fingerprint density at radius 1 is 1.18 bits per heavy atom. The minimum atomic E-state index is -5.57. The maximum absolute atomic E-state index is 11.8. The van der Waals surface area contributed by atoms with E-state index in [1.54, 1.807) is 0 Å². The van der Waals surface area contributed by atoms with Crippen LogP contribution in [0.1, 0.15) is 5.56 Å². The van der Waals surface area contributed by atoms with Gasteiger partial charge in [0.05, 0.1) is 6.61 Å². The van der Waals surface area contributed by atoms with Crippen molar-refractivity contribution in [3.63, 3.8) is 0 Å². The molecule has 0 radical (unpaired) electrons. The molecule has 0 saturated heterocycles. The molecule has 98 valence electrons. The maximum Gasteiger partial charge on any atom is 0.523 e. The topological polar surface area (TPSA) is 63.6 Å². The van der Waals surface area contributed by atoms with Gasteiger partial charge in [-0.1, -0.05) is 12.1 Å². The van der Waals surface area contributed by atoms with Crippen LogP contribution in [0.15, 0.2) is 24.3 Å². The molecule has 4 nitrogen and oxygen atoms in total. The third-order valence-corrected chi connectivity index (χ3v) is 2.60. The molecule has 0 aliphatic rings. The normalized spacial score (nSPS) is 11.9. The lowest BCUT2D eigenvalue weighted by molar-refractivity contribution is -0.0547. The Hall–Kier alpha value is -0.550. The zero-order valence-electron chi connectivity index (χ0n) is 8.14. The number of hydrogen-bond acceptors (Lipinski definition) is 4. The summed E-state index contributed by atoms with van der Waals surface area (Å²) in [6.07, 6.45) is 0. The van der Waals surface area contributed by atoms with E-state index in [4.69, 9.17) is 5.11 Å². The van der Waals surface area contributed by atoms with Crippen molar-refractivity contribution in [1.29, 1.82) is 0 Å². The molecule has 0 bridgehead atoms. The first kappa shape index (κ1) is 16.4. The van der Waals surface area contributed by atoms with Gasteiger partial charge in [-0.15, -0.1) is 24.0 Å². The number of hydrogen-bond donors (Lipinski definition) is 1. The number of alkyl halides is 3. The molecule has 0 heterocycles. The highest BCUT2D eigenvalue weighted by molar-refractivity contribution is 14.0. The lowest BCUT2D eigenvalue weighted by Gasteiger charge is -2.08. The van der Waals surface area contributed by atoms with E-state index in [0.29, 0.717) is 0 Å². The average Bonchev–Trinajstić information content (AvgIpc) is 2.15. The number of phenols is 1. The van der Waals surface area contributed by atoms with Gasteiger partial charge >= 0.3 is 15.6 Å². The highest BCUT2D eigenvalue weighted by atomic mass is 127. The lowest BCUT2D eigenvalue weighted by Crippen LogP contribution is -2.25. The summed E-state index contributed by atoms with van der Waals surface area (Å²) in [6.45, 7) is -0.734. The predicted molar refractivity (Wildman–Crippen MR) is 63.3 cm³/mol. The van der Waals surface area contributed by atoms with Crippen LogP contribution >= 0.6 is 24.0 Å². The third kappa shape index (κ3) is 4.68. The minimum Gasteiger partial charge on any atom is -0.508 e. The minimum absolute atomic E-state index is 0. The van der Waals surface area contributed by atoms with Crippen LogP contribution in [0.4, 0.5) is 13.2 Å². The Morgan fingerprint density at radius 2 is 1.65 bits per heavy atom. The lowest BCUT2D eigenvalue weighted by atomic mass is 10.2. The highest BCUT2D eigenvalue weighted by Crippen LogP contribution is 2.25. The Balaban J connectivity index is 0.00000256. The van der Waals surface area contributed by atoms with Crippen LogP contribution in [0, 0.1) is 0 Å². The summed E-state index contributed by atoms with van der Waals surface area (Å²) < 4.78 is 60.3. The van der Waals surface area contributed by atoms with E-state index in [9.17, 15) is 21.6 Å². The average molecular weight is 384 g/mol. The van der Waals surface area contributed by atoms with Gasteiger partial charge < -0.3 is 5.11 Å². The zero-order chi connectivity index (χ0) is 12.4. The van der Waals surface area contributed by atoms with Crippen molar-refractivity contribution >= 4 is 34.1 Å². The zero-order valence-corrected chi connectivity index (χ0v) is 11.3. The highest BCUT2D eigenvalue weighted by Gasteiger charge is 2.47. The SMILES string of the molecule is I.O=S(=O)(OCc1ccc(O)cc1)C(F)(F)F. The quantitative estimate of drug-likeness (QED) is 0.494. The maximum atomic E-state index is 11.8. The Kier molecular flexibility index (Phi) is 5.68. The summed E-state index contributed by atoms with van der Waals surface area (Å²) in [4.78, 5) is 0.